The molecule has 2 aromatic carbocycles. The molecule has 0 unspecified atom stereocenters. The van der Waals surface area contributed by atoms with Crippen LogP contribution >= 0.6 is 7.81 Å². The van der Waals surface area contributed by atoms with Crippen LogP contribution in [0.4, 0.5) is 25.2 Å². The summed E-state index contributed by atoms with van der Waals surface area (Å²) in [6.45, 7) is 0. The van der Waals surface area contributed by atoms with Crippen LogP contribution in [0.15, 0.2) is 85.1 Å². The molecule has 0 N–H and O–H groups in total. The minimum atomic E-state index is -10.7. The van der Waals surface area contributed by atoms with E-state index in [0.29, 0.717) is 0 Å². The van der Waals surface area contributed by atoms with E-state index in [1.807, 2.05) is 54.6 Å². The van der Waals surface area contributed by atoms with E-state index in [2.05, 4.69) is 30.5 Å². The zero-order chi connectivity index (χ0) is 20.9. The Morgan fingerprint density at radius 3 is 1.46 bits per heavy atom. The van der Waals surface area contributed by atoms with Crippen LogP contribution < -0.4 is 4.57 Å². The Kier molecular flexibility index (Phi) is 5.54. The third-order valence-corrected chi connectivity index (χ3v) is 3.56. The van der Waals surface area contributed by atoms with E-state index in [4.69, 9.17) is 0 Å². The van der Waals surface area contributed by atoms with Gasteiger partial charge in [0.1, 0.15) is 11.9 Å². The van der Waals surface area contributed by atoms with E-state index in [0.717, 1.165) is 5.69 Å². The van der Waals surface area contributed by atoms with Crippen LogP contribution in [0.2, 0.25) is 0 Å². The summed E-state index contributed by atoms with van der Waals surface area (Å²) in [5.74, 6) is 0.0493. The van der Waals surface area contributed by atoms with Gasteiger partial charge in [0.25, 0.3) is 0 Å². The smallest absolute Gasteiger partial charge is 0.145 e. The molecule has 28 heavy (non-hydrogen) atoms. The van der Waals surface area contributed by atoms with Crippen molar-refractivity contribution in [1.29, 1.82) is 5.26 Å². The first-order chi connectivity index (χ1) is 12.8. The Bertz CT molecular complexity index is 918. The van der Waals surface area contributed by atoms with Crippen LogP contribution in [0.1, 0.15) is 22.7 Å². The summed E-state index contributed by atoms with van der Waals surface area (Å²) in [7, 11) is -10.7. The van der Waals surface area contributed by atoms with Gasteiger partial charge < -0.3 is 0 Å². The van der Waals surface area contributed by atoms with Crippen LogP contribution in [0, 0.1) is 11.5 Å². The largest absolute Gasteiger partial charge is 0.464 e. The predicted molar refractivity (Wildman–Crippen MR) is 95.0 cm³/mol. The Morgan fingerprint density at radius 2 is 1.07 bits per heavy atom. The van der Waals surface area contributed by atoms with Crippen molar-refractivity contribution in [1.82, 2.24) is 0 Å². The molecule has 0 saturated carbocycles. The summed E-state index contributed by atoms with van der Waals surface area (Å²) < 4.78 is 60.8. The van der Waals surface area contributed by atoms with E-state index in [1.54, 1.807) is 10.8 Å². The monoisotopic (exact) mass is 416 g/mol. The van der Waals surface area contributed by atoms with E-state index in [-0.39, 0.29) is 5.92 Å². The molecule has 1 heterocycles. The van der Waals surface area contributed by atoms with Gasteiger partial charge >= 0.3 is 39.2 Å². The van der Waals surface area contributed by atoms with Gasteiger partial charge in [-0.15, -0.1) is 4.57 Å². The van der Waals surface area contributed by atoms with Crippen molar-refractivity contribution >= 4 is 7.81 Å². The molecule has 0 aliphatic carbocycles. The molecule has 0 saturated heterocycles. The first-order valence-corrected chi connectivity index (χ1v) is 9.95. The molecule has 0 spiro atoms. The van der Waals surface area contributed by atoms with Gasteiger partial charge in [-0.1, -0.05) is 66.7 Å². The molecular weight excluding hydrogens is 401 g/mol. The minimum absolute atomic E-state index is 0.0493. The molecule has 0 aliphatic heterocycles. The van der Waals surface area contributed by atoms with Gasteiger partial charge in [-0.25, -0.2) is 0 Å². The van der Waals surface area contributed by atoms with Gasteiger partial charge in [0.05, 0.1) is 5.92 Å². The Labute approximate surface area is 157 Å². The summed E-state index contributed by atoms with van der Waals surface area (Å²) in [4.78, 5) is 0. The van der Waals surface area contributed by atoms with Crippen LogP contribution in [-0.2, 0) is 0 Å². The molecule has 0 atom stereocenters. The number of rotatable bonds is 3. The van der Waals surface area contributed by atoms with Crippen LogP contribution in [0.3, 0.4) is 0 Å². The molecule has 3 rings (SSSR count). The van der Waals surface area contributed by atoms with E-state index >= 15 is 0 Å². The summed E-state index contributed by atoms with van der Waals surface area (Å²) in [5.41, 5.74) is 3.33. The summed E-state index contributed by atoms with van der Waals surface area (Å²) >= 11 is 0. The Hall–Kier alpha value is -2.91. The van der Waals surface area contributed by atoms with Crippen molar-refractivity contribution in [3.05, 3.63) is 102 Å². The standard InChI is InChI=1S/C19H15N2.F6P/c20-15-21-14-8-7-13-18(21)19(16-9-3-1-4-10-16)17-11-5-2-6-12-17;1-7(2,3,4,5)6/h1-14,19H;/q+1;-1. The van der Waals surface area contributed by atoms with E-state index in [9.17, 15) is 30.4 Å². The first kappa shape index (κ1) is 21.4. The van der Waals surface area contributed by atoms with Crippen LogP contribution in [-0.4, -0.2) is 0 Å². The van der Waals surface area contributed by atoms with Crippen molar-refractivity contribution in [3.8, 4) is 6.19 Å². The van der Waals surface area contributed by atoms with Crippen molar-refractivity contribution in [2.75, 3.05) is 0 Å². The molecule has 2 nitrogen and oxygen atoms in total. The van der Waals surface area contributed by atoms with Crippen molar-refractivity contribution in [2.45, 2.75) is 5.92 Å². The van der Waals surface area contributed by atoms with Gasteiger partial charge in [0.2, 0.25) is 0 Å². The Morgan fingerprint density at radius 1 is 0.679 bits per heavy atom. The SMILES string of the molecule is F[P-](F)(F)(F)(F)F.N#C[n+]1ccccc1C(c1ccccc1)c1ccccc1. The quantitative estimate of drug-likeness (QED) is 0.260. The van der Waals surface area contributed by atoms with Crippen LogP contribution in [0.5, 0.6) is 0 Å². The zero-order valence-corrected chi connectivity index (χ0v) is 15.2. The van der Waals surface area contributed by atoms with Gasteiger partial charge in [-0.3, -0.25) is 0 Å². The molecular formula is C19H15F6N2P. The fourth-order valence-electron chi connectivity index (χ4n) is 2.61. The molecule has 0 amide bonds. The molecule has 0 aliphatic rings. The molecule has 0 bridgehead atoms. The van der Waals surface area contributed by atoms with E-state index in [1.165, 1.54) is 11.1 Å². The number of pyridine rings is 1. The molecule has 9 heteroatoms. The summed E-state index contributed by atoms with van der Waals surface area (Å²) in [5, 5.41) is 9.37. The second-order valence-electron chi connectivity index (χ2n) is 5.81. The summed E-state index contributed by atoms with van der Waals surface area (Å²) in [6, 6.07) is 26.4. The first-order valence-electron chi connectivity index (χ1n) is 7.92. The summed E-state index contributed by atoms with van der Waals surface area (Å²) in [6.07, 6.45) is 4.03. The number of hydrogen-bond acceptors (Lipinski definition) is 1. The maximum atomic E-state index is 9.87. The number of halogens is 6. The second kappa shape index (κ2) is 7.25. The average molecular weight is 416 g/mol. The topological polar surface area (TPSA) is 27.7 Å². The van der Waals surface area contributed by atoms with Gasteiger partial charge in [-0.05, 0) is 23.3 Å². The average Bonchev–Trinajstić information content (AvgIpc) is 2.62. The third kappa shape index (κ3) is 7.77. The van der Waals surface area contributed by atoms with Crippen LogP contribution in [0.25, 0.3) is 0 Å². The number of benzene rings is 2. The van der Waals surface area contributed by atoms with Gasteiger partial charge in [-0.2, -0.15) is 0 Å². The fraction of sp³-hybridized carbons (Fsp3) is 0.0526. The van der Waals surface area contributed by atoms with Crippen molar-refractivity contribution in [2.24, 2.45) is 0 Å². The third-order valence-electron chi connectivity index (χ3n) is 3.56. The number of nitriles is 1. The maximum Gasteiger partial charge on any atom is 0.464 e. The number of hydrogen-bond donors (Lipinski definition) is 0. The normalized spacial score (nSPS) is 13.5. The van der Waals surface area contributed by atoms with E-state index < -0.39 is 7.81 Å². The van der Waals surface area contributed by atoms with Crippen molar-refractivity contribution < 1.29 is 29.7 Å². The number of nitrogens with zero attached hydrogens (tertiary/aromatic N) is 2. The zero-order valence-electron chi connectivity index (χ0n) is 14.3. The van der Waals surface area contributed by atoms with Gasteiger partial charge in [0.15, 0.2) is 5.26 Å². The maximum absolute atomic E-state index is 10.7. The minimum Gasteiger partial charge on any atom is -0.145 e. The fourth-order valence-corrected chi connectivity index (χ4v) is 2.61. The molecule has 0 fully saturated rings. The second-order valence-corrected chi connectivity index (χ2v) is 7.72. The molecule has 148 valence electrons. The van der Waals surface area contributed by atoms with Crippen molar-refractivity contribution in [3.63, 3.8) is 0 Å². The van der Waals surface area contributed by atoms with Gasteiger partial charge in [0, 0.05) is 0 Å². The predicted octanol–water partition coefficient (Wildman–Crippen LogP) is 6.87. The molecule has 0 radical (unpaired) electrons. The molecule has 1 aromatic heterocycles. The number of aromatic nitrogens is 1. The Balaban J connectivity index is 0.000000345. The molecule has 3 aromatic rings.